The molecule has 1 aliphatic heterocycles. The molecule has 2 heterocycles. The van der Waals surface area contributed by atoms with Crippen molar-refractivity contribution in [3.8, 4) is 0 Å². The van der Waals surface area contributed by atoms with Crippen LogP contribution < -0.4 is 11.1 Å². The van der Waals surface area contributed by atoms with E-state index in [4.69, 9.17) is 5.73 Å². The molecule has 0 saturated carbocycles. The van der Waals surface area contributed by atoms with Gasteiger partial charge in [0.05, 0.1) is 12.2 Å². The Kier molecular flexibility index (Phi) is 13.0. The second-order valence-corrected chi connectivity index (χ2v) is 6.33. The zero-order chi connectivity index (χ0) is 16.5. The van der Waals surface area contributed by atoms with Gasteiger partial charge in [-0.05, 0) is 38.8 Å². The summed E-state index contributed by atoms with van der Waals surface area (Å²) in [6.07, 6.45) is 8.69. The van der Waals surface area contributed by atoms with Gasteiger partial charge in [0, 0.05) is 25.6 Å². The summed E-state index contributed by atoms with van der Waals surface area (Å²) < 4.78 is 2.00. The van der Waals surface area contributed by atoms with E-state index >= 15 is 0 Å². The summed E-state index contributed by atoms with van der Waals surface area (Å²) in [6.45, 7) is 6.26. The van der Waals surface area contributed by atoms with Crippen molar-refractivity contribution < 1.29 is 4.79 Å². The number of likely N-dealkylation sites (tertiary alicyclic amines) is 1. The van der Waals surface area contributed by atoms with E-state index in [2.05, 4.69) is 22.2 Å². The van der Waals surface area contributed by atoms with E-state index < -0.39 is 0 Å². The number of nitrogens with zero attached hydrogens (tertiary/aromatic N) is 3. The van der Waals surface area contributed by atoms with Crippen molar-refractivity contribution in [1.29, 1.82) is 0 Å². The van der Waals surface area contributed by atoms with E-state index in [0.29, 0.717) is 12.5 Å². The van der Waals surface area contributed by atoms with Crippen LogP contribution >= 0.6 is 24.8 Å². The smallest absolute Gasteiger partial charge is 0.225 e. The third kappa shape index (κ3) is 7.94. The van der Waals surface area contributed by atoms with Gasteiger partial charge in [0.1, 0.15) is 5.82 Å². The van der Waals surface area contributed by atoms with Gasteiger partial charge < -0.3 is 16.0 Å². The number of hydrogen-bond acceptors (Lipinski definition) is 4. The standard InChI is InChI=1S/C17H31N5O.2ClH/c1-2-21-13-9-15(10-14-21)22-16(8-12-19-22)20-17(23)7-5-3-4-6-11-18;;/h8,12,15H,2-7,9-11,13-14,18H2,1H3,(H,20,23);2*1H. The molecule has 0 bridgehead atoms. The first-order valence-corrected chi connectivity index (χ1v) is 9.00. The molecule has 1 amide bonds. The lowest BCUT2D eigenvalue weighted by atomic mass is 10.1. The van der Waals surface area contributed by atoms with Crippen LogP contribution in [0.15, 0.2) is 12.3 Å². The van der Waals surface area contributed by atoms with E-state index in [-0.39, 0.29) is 30.7 Å². The van der Waals surface area contributed by atoms with Crippen molar-refractivity contribution in [3.63, 3.8) is 0 Å². The first-order valence-electron chi connectivity index (χ1n) is 9.00. The Morgan fingerprint density at radius 3 is 2.56 bits per heavy atom. The zero-order valence-corrected chi connectivity index (χ0v) is 16.8. The number of carbonyl (C=O) groups is 1. The normalized spacial score (nSPS) is 15.3. The van der Waals surface area contributed by atoms with Crippen molar-refractivity contribution in [2.75, 3.05) is 31.5 Å². The number of nitrogens with two attached hydrogens (primary N) is 1. The number of aromatic nitrogens is 2. The second kappa shape index (κ2) is 13.4. The molecule has 0 radical (unpaired) electrons. The molecule has 0 atom stereocenters. The fourth-order valence-corrected chi connectivity index (χ4v) is 3.17. The minimum absolute atomic E-state index is 0. The van der Waals surface area contributed by atoms with Crippen LogP contribution in [0.25, 0.3) is 0 Å². The summed E-state index contributed by atoms with van der Waals surface area (Å²) in [5.74, 6) is 0.928. The number of nitrogens with one attached hydrogen (secondary N) is 1. The molecule has 0 aliphatic carbocycles. The highest BCUT2D eigenvalue weighted by atomic mass is 35.5. The SMILES string of the molecule is CCN1CCC(n2nccc2NC(=O)CCCCCCN)CC1.Cl.Cl. The number of hydrogen-bond donors (Lipinski definition) is 2. The molecule has 6 nitrogen and oxygen atoms in total. The maximum atomic E-state index is 12.1. The molecule has 8 heteroatoms. The molecule has 25 heavy (non-hydrogen) atoms. The van der Waals surface area contributed by atoms with Crippen LogP contribution in [-0.4, -0.2) is 46.8 Å². The van der Waals surface area contributed by atoms with Gasteiger partial charge in [-0.2, -0.15) is 5.10 Å². The number of piperidine rings is 1. The first kappa shape index (κ1) is 24.2. The van der Waals surface area contributed by atoms with Gasteiger partial charge in [0.15, 0.2) is 0 Å². The maximum absolute atomic E-state index is 12.1. The summed E-state index contributed by atoms with van der Waals surface area (Å²) >= 11 is 0. The Labute approximate surface area is 163 Å². The lowest BCUT2D eigenvalue weighted by Gasteiger charge is -2.31. The van der Waals surface area contributed by atoms with Gasteiger partial charge in [-0.1, -0.05) is 19.8 Å². The van der Waals surface area contributed by atoms with Crippen LogP contribution in [0, 0.1) is 0 Å². The molecule has 1 aromatic heterocycles. The molecule has 2 rings (SSSR count). The second-order valence-electron chi connectivity index (χ2n) is 6.33. The molecule has 0 aromatic carbocycles. The molecular weight excluding hydrogens is 361 g/mol. The number of anilines is 1. The highest BCUT2D eigenvalue weighted by molar-refractivity contribution is 5.89. The van der Waals surface area contributed by atoms with Crippen molar-refractivity contribution in [2.24, 2.45) is 5.73 Å². The highest BCUT2D eigenvalue weighted by Gasteiger charge is 2.22. The number of unbranched alkanes of at least 4 members (excludes halogenated alkanes) is 3. The molecule has 0 unspecified atom stereocenters. The summed E-state index contributed by atoms with van der Waals surface area (Å²) in [7, 11) is 0. The third-order valence-electron chi connectivity index (χ3n) is 4.65. The van der Waals surface area contributed by atoms with Crippen molar-refractivity contribution in [1.82, 2.24) is 14.7 Å². The number of halogens is 2. The van der Waals surface area contributed by atoms with E-state index in [0.717, 1.165) is 70.5 Å². The molecule has 1 aliphatic rings. The Bertz CT molecular complexity index is 475. The molecule has 1 saturated heterocycles. The number of amides is 1. The molecular formula is C17H33Cl2N5O. The van der Waals surface area contributed by atoms with Gasteiger partial charge >= 0.3 is 0 Å². The number of carbonyl (C=O) groups excluding carboxylic acids is 1. The van der Waals surface area contributed by atoms with Gasteiger partial charge in [-0.25, -0.2) is 4.68 Å². The van der Waals surface area contributed by atoms with Crippen LogP contribution in [0.2, 0.25) is 0 Å². The monoisotopic (exact) mass is 393 g/mol. The van der Waals surface area contributed by atoms with Crippen molar-refractivity contribution >= 4 is 36.5 Å². The lowest BCUT2D eigenvalue weighted by Crippen LogP contribution is -2.35. The first-order chi connectivity index (χ1) is 11.2. The Morgan fingerprint density at radius 1 is 1.24 bits per heavy atom. The quantitative estimate of drug-likeness (QED) is 0.631. The molecule has 146 valence electrons. The Hall–Kier alpha value is -0.820. The van der Waals surface area contributed by atoms with E-state index in [1.54, 1.807) is 6.20 Å². The molecule has 1 aromatic rings. The topological polar surface area (TPSA) is 76.2 Å². The summed E-state index contributed by atoms with van der Waals surface area (Å²) in [5.41, 5.74) is 5.47. The van der Waals surface area contributed by atoms with E-state index in [1.165, 1.54) is 0 Å². The van der Waals surface area contributed by atoms with Crippen molar-refractivity contribution in [2.45, 2.75) is 57.9 Å². The minimum atomic E-state index is 0. The highest BCUT2D eigenvalue weighted by Crippen LogP contribution is 2.25. The average molecular weight is 394 g/mol. The Morgan fingerprint density at radius 2 is 1.92 bits per heavy atom. The Balaban J connectivity index is 0.00000288. The summed E-state index contributed by atoms with van der Waals surface area (Å²) in [4.78, 5) is 14.5. The van der Waals surface area contributed by atoms with E-state index in [1.807, 2.05) is 10.7 Å². The van der Waals surface area contributed by atoms with Crippen LogP contribution in [0.1, 0.15) is 57.9 Å². The predicted molar refractivity (Wildman–Crippen MR) is 108 cm³/mol. The van der Waals surface area contributed by atoms with Crippen LogP contribution in [-0.2, 0) is 4.79 Å². The summed E-state index contributed by atoms with van der Waals surface area (Å²) in [5, 5.41) is 7.46. The van der Waals surface area contributed by atoms with Crippen molar-refractivity contribution in [3.05, 3.63) is 12.3 Å². The number of rotatable bonds is 9. The molecule has 1 fully saturated rings. The largest absolute Gasteiger partial charge is 0.330 e. The summed E-state index contributed by atoms with van der Waals surface area (Å²) in [6, 6.07) is 2.30. The van der Waals surface area contributed by atoms with Gasteiger partial charge in [0.25, 0.3) is 0 Å². The molecule has 3 N–H and O–H groups in total. The minimum Gasteiger partial charge on any atom is -0.330 e. The fourth-order valence-electron chi connectivity index (χ4n) is 3.17. The van der Waals surface area contributed by atoms with Crippen LogP contribution in [0.5, 0.6) is 0 Å². The average Bonchev–Trinajstić information content (AvgIpc) is 3.02. The molecule has 0 spiro atoms. The van der Waals surface area contributed by atoms with Crippen LogP contribution in [0.3, 0.4) is 0 Å². The van der Waals surface area contributed by atoms with Gasteiger partial charge in [-0.15, -0.1) is 24.8 Å². The predicted octanol–water partition coefficient (Wildman–Crippen LogP) is 3.23. The van der Waals surface area contributed by atoms with Gasteiger partial charge in [0.2, 0.25) is 5.91 Å². The zero-order valence-electron chi connectivity index (χ0n) is 15.2. The van der Waals surface area contributed by atoms with Gasteiger partial charge in [-0.3, -0.25) is 4.79 Å². The van der Waals surface area contributed by atoms with Crippen LogP contribution in [0.4, 0.5) is 5.82 Å². The fraction of sp³-hybridized carbons (Fsp3) is 0.765. The third-order valence-corrected chi connectivity index (χ3v) is 4.65. The van der Waals surface area contributed by atoms with E-state index in [9.17, 15) is 4.79 Å². The maximum Gasteiger partial charge on any atom is 0.225 e. The lowest BCUT2D eigenvalue weighted by molar-refractivity contribution is -0.116.